The van der Waals surface area contributed by atoms with Crippen LogP contribution in [0, 0.1) is 17.8 Å². The minimum atomic E-state index is -0.0498. The average molecular weight is 284 g/mol. The van der Waals surface area contributed by atoms with E-state index in [4.69, 9.17) is 9.47 Å². The fourth-order valence-corrected chi connectivity index (χ4v) is 3.14. The first-order valence-electron chi connectivity index (χ1n) is 8.38. The number of esters is 1. The summed E-state index contributed by atoms with van der Waals surface area (Å²) in [5, 5.41) is 0. The van der Waals surface area contributed by atoms with Gasteiger partial charge >= 0.3 is 5.97 Å². The van der Waals surface area contributed by atoms with E-state index in [9.17, 15) is 4.79 Å². The molecule has 1 rings (SSSR count). The summed E-state index contributed by atoms with van der Waals surface area (Å²) >= 11 is 0. The van der Waals surface area contributed by atoms with Crippen molar-refractivity contribution >= 4 is 5.97 Å². The Balaban J connectivity index is 2.40. The van der Waals surface area contributed by atoms with Gasteiger partial charge < -0.3 is 9.47 Å². The molecule has 0 bridgehead atoms. The predicted molar refractivity (Wildman–Crippen MR) is 81.6 cm³/mol. The van der Waals surface area contributed by atoms with Gasteiger partial charge in [0.05, 0.1) is 19.1 Å². The van der Waals surface area contributed by atoms with E-state index in [-0.39, 0.29) is 11.9 Å². The summed E-state index contributed by atoms with van der Waals surface area (Å²) in [4.78, 5) is 12.3. The molecule has 20 heavy (non-hydrogen) atoms. The molecule has 0 aliphatic heterocycles. The fourth-order valence-electron chi connectivity index (χ4n) is 3.14. The minimum absolute atomic E-state index is 0.0336. The standard InChI is InChI=1S/C17H32O3/c1-4-6-9-14(5-2)12-20-17(18)16(13-19-3)15-10-7-8-11-15/h14-16H,4-13H2,1-3H3. The maximum absolute atomic E-state index is 12.3. The van der Waals surface area contributed by atoms with E-state index in [1.807, 2.05) is 0 Å². The Bertz CT molecular complexity index is 259. The zero-order valence-corrected chi connectivity index (χ0v) is 13.5. The summed E-state index contributed by atoms with van der Waals surface area (Å²) in [5.74, 6) is 0.906. The van der Waals surface area contributed by atoms with Gasteiger partial charge in [-0.05, 0) is 31.1 Å². The lowest BCUT2D eigenvalue weighted by molar-refractivity contribution is -0.154. The highest BCUT2D eigenvalue weighted by atomic mass is 16.5. The second-order valence-electron chi connectivity index (χ2n) is 6.15. The SMILES string of the molecule is CCCCC(CC)COC(=O)C(COC)C1CCCC1. The molecule has 3 heteroatoms. The second kappa shape index (κ2) is 10.2. The van der Waals surface area contributed by atoms with E-state index in [0.717, 1.165) is 19.3 Å². The first kappa shape index (κ1) is 17.5. The van der Waals surface area contributed by atoms with Crippen LogP contribution in [0.3, 0.4) is 0 Å². The number of carbonyl (C=O) groups is 1. The summed E-state index contributed by atoms with van der Waals surface area (Å²) in [5.41, 5.74) is 0. The normalized spacial score (nSPS) is 18.9. The lowest BCUT2D eigenvalue weighted by Crippen LogP contribution is -2.29. The molecule has 118 valence electrons. The maximum atomic E-state index is 12.3. The Labute approximate surface area is 124 Å². The Kier molecular flexibility index (Phi) is 8.92. The van der Waals surface area contributed by atoms with Crippen LogP contribution in [0.4, 0.5) is 0 Å². The third-order valence-electron chi connectivity index (χ3n) is 4.62. The Hall–Kier alpha value is -0.570. The minimum Gasteiger partial charge on any atom is -0.465 e. The van der Waals surface area contributed by atoms with Crippen molar-refractivity contribution in [3.05, 3.63) is 0 Å². The third kappa shape index (κ3) is 5.82. The highest BCUT2D eigenvalue weighted by Crippen LogP contribution is 2.32. The largest absolute Gasteiger partial charge is 0.465 e. The van der Waals surface area contributed by atoms with Crippen molar-refractivity contribution in [1.29, 1.82) is 0 Å². The number of ether oxygens (including phenoxy) is 2. The van der Waals surface area contributed by atoms with Crippen molar-refractivity contribution in [1.82, 2.24) is 0 Å². The fraction of sp³-hybridized carbons (Fsp3) is 0.941. The van der Waals surface area contributed by atoms with Gasteiger partial charge in [0.2, 0.25) is 0 Å². The molecule has 0 spiro atoms. The molecule has 0 amide bonds. The molecule has 0 N–H and O–H groups in total. The predicted octanol–water partition coefficient (Wildman–Crippen LogP) is 4.20. The number of rotatable bonds is 10. The van der Waals surface area contributed by atoms with Crippen molar-refractivity contribution in [2.75, 3.05) is 20.3 Å². The molecule has 1 fully saturated rings. The summed E-state index contributed by atoms with van der Waals surface area (Å²) in [6.07, 6.45) is 9.47. The van der Waals surface area contributed by atoms with Gasteiger partial charge in [-0.2, -0.15) is 0 Å². The summed E-state index contributed by atoms with van der Waals surface area (Å²) in [7, 11) is 1.67. The van der Waals surface area contributed by atoms with Gasteiger partial charge in [0, 0.05) is 7.11 Å². The Morgan fingerprint density at radius 2 is 1.90 bits per heavy atom. The maximum Gasteiger partial charge on any atom is 0.311 e. The lowest BCUT2D eigenvalue weighted by Gasteiger charge is -2.22. The van der Waals surface area contributed by atoms with Crippen LogP contribution in [0.25, 0.3) is 0 Å². The van der Waals surface area contributed by atoms with Gasteiger partial charge in [-0.15, -0.1) is 0 Å². The molecular weight excluding hydrogens is 252 g/mol. The molecule has 2 unspecified atom stereocenters. The smallest absolute Gasteiger partial charge is 0.311 e. The molecule has 3 nitrogen and oxygen atoms in total. The van der Waals surface area contributed by atoms with Gasteiger partial charge in [0.1, 0.15) is 0 Å². The molecule has 0 radical (unpaired) electrons. The van der Waals surface area contributed by atoms with Crippen LogP contribution in [-0.2, 0) is 14.3 Å². The summed E-state index contributed by atoms with van der Waals surface area (Å²) < 4.78 is 10.8. The quantitative estimate of drug-likeness (QED) is 0.564. The van der Waals surface area contributed by atoms with E-state index < -0.39 is 0 Å². The number of hydrogen-bond donors (Lipinski definition) is 0. The van der Waals surface area contributed by atoms with Crippen LogP contribution in [-0.4, -0.2) is 26.3 Å². The molecule has 1 aliphatic rings. The van der Waals surface area contributed by atoms with Crippen LogP contribution >= 0.6 is 0 Å². The van der Waals surface area contributed by atoms with E-state index >= 15 is 0 Å². The van der Waals surface area contributed by atoms with Crippen LogP contribution in [0.1, 0.15) is 65.2 Å². The third-order valence-corrected chi connectivity index (χ3v) is 4.62. The van der Waals surface area contributed by atoms with E-state index in [0.29, 0.717) is 25.0 Å². The lowest BCUT2D eigenvalue weighted by atomic mass is 9.91. The molecule has 0 heterocycles. The first-order valence-corrected chi connectivity index (χ1v) is 8.38. The molecule has 2 atom stereocenters. The van der Waals surface area contributed by atoms with Crippen molar-refractivity contribution in [3.63, 3.8) is 0 Å². The molecule has 0 aromatic heterocycles. The first-order chi connectivity index (χ1) is 9.72. The van der Waals surface area contributed by atoms with Gasteiger partial charge in [-0.1, -0.05) is 46.0 Å². The van der Waals surface area contributed by atoms with Gasteiger partial charge in [-0.25, -0.2) is 0 Å². The van der Waals surface area contributed by atoms with Gasteiger partial charge in [0.25, 0.3) is 0 Å². The highest BCUT2D eigenvalue weighted by Gasteiger charge is 2.32. The molecule has 0 aromatic carbocycles. The van der Waals surface area contributed by atoms with E-state index in [1.54, 1.807) is 7.11 Å². The zero-order valence-electron chi connectivity index (χ0n) is 13.5. The molecule has 0 saturated heterocycles. The zero-order chi connectivity index (χ0) is 14.8. The second-order valence-corrected chi connectivity index (χ2v) is 6.15. The number of unbranched alkanes of at least 4 members (excludes halogenated alkanes) is 1. The van der Waals surface area contributed by atoms with Crippen LogP contribution in [0.15, 0.2) is 0 Å². The average Bonchev–Trinajstić information content (AvgIpc) is 2.98. The van der Waals surface area contributed by atoms with E-state index in [1.165, 1.54) is 32.1 Å². The van der Waals surface area contributed by atoms with Crippen molar-refractivity contribution in [2.24, 2.45) is 17.8 Å². The molecular formula is C17H32O3. The number of carbonyl (C=O) groups excluding carboxylic acids is 1. The van der Waals surface area contributed by atoms with Crippen LogP contribution in [0.2, 0.25) is 0 Å². The van der Waals surface area contributed by atoms with Crippen molar-refractivity contribution in [3.8, 4) is 0 Å². The number of methoxy groups -OCH3 is 1. The topological polar surface area (TPSA) is 35.5 Å². The van der Waals surface area contributed by atoms with Crippen molar-refractivity contribution in [2.45, 2.75) is 65.2 Å². The molecule has 1 aliphatic carbocycles. The Morgan fingerprint density at radius 3 is 2.45 bits per heavy atom. The van der Waals surface area contributed by atoms with E-state index in [2.05, 4.69) is 13.8 Å². The summed E-state index contributed by atoms with van der Waals surface area (Å²) in [6.45, 7) is 5.47. The van der Waals surface area contributed by atoms with Gasteiger partial charge in [0.15, 0.2) is 0 Å². The number of hydrogen-bond acceptors (Lipinski definition) is 3. The van der Waals surface area contributed by atoms with Gasteiger partial charge in [-0.3, -0.25) is 4.79 Å². The molecule has 0 aromatic rings. The van der Waals surface area contributed by atoms with Crippen molar-refractivity contribution < 1.29 is 14.3 Å². The monoisotopic (exact) mass is 284 g/mol. The van der Waals surface area contributed by atoms with Crippen LogP contribution < -0.4 is 0 Å². The Morgan fingerprint density at radius 1 is 1.20 bits per heavy atom. The van der Waals surface area contributed by atoms with Crippen LogP contribution in [0.5, 0.6) is 0 Å². The molecule has 1 saturated carbocycles. The summed E-state index contributed by atoms with van der Waals surface area (Å²) in [6, 6.07) is 0. The highest BCUT2D eigenvalue weighted by molar-refractivity contribution is 5.73.